The Bertz CT molecular complexity index is 3330. The molecule has 36 nitrogen and oxygen atoms in total. The van der Waals surface area contributed by atoms with E-state index in [0.29, 0.717) is 44.9 Å². The van der Waals surface area contributed by atoms with Crippen LogP contribution in [-0.2, 0) is 105 Å². The van der Waals surface area contributed by atoms with Gasteiger partial charge in [-0.25, -0.2) is 57.5 Å². The molecule has 6 amide bonds. The molecular weight excluding hydrogens is 1450 g/mol. The molecule has 0 heterocycles. The van der Waals surface area contributed by atoms with Gasteiger partial charge in [0.1, 0.15) is 115 Å². The van der Waals surface area contributed by atoms with Gasteiger partial charge in [-0.05, 0) is 141 Å². The van der Waals surface area contributed by atoms with Crippen molar-refractivity contribution in [3.63, 3.8) is 0 Å². The van der Waals surface area contributed by atoms with E-state index in [4.69, 9.17) is 75.8 Å². The number of alkyl carbamates (subject to hydrolysis) is 6. The normalized spacial score (nSPS) is 11.2. The first-order chi connectivity index (χ1) is 51.7. The Morgan fingerprint density at radius 1 is 0.309 bits per heavy atom. The fourth-order valence-electron chi connectivity index (χ4n) is 8.29. The second kappa shape index (κ2) is 48.2. The number of carbonyl (C=O) groups is 14. The number of nitrogens with one attached hydrogen (secondary N) is 6. The Morgan fingerprint density at radius 3 is 0.709 bits per heavy atom. The van der Waals surface area contributed by atoms with Gasteiger partial charge in [-0.2, -0.15) is 0 Å². The molecule has 2 aromatic rings. The summed E-state index contributed by atoms with van der Waals surface area (Å²) in [4.78, 5) is 177. The zero-order valence-electron chi connectivity index (χ0n) is 64.1. The largest absolute Gasteiger partial charge is 0.489 e. The lowest BCUT2D eigenvalue weighted by atomic mass is 9.93. The molecule has 2 atom stereocenters. The molecule has 2 unspecified atom stereocenters. The highest BCUT2D eigenvalue weighted by Gasteiger charge is 2.41. The molecule has 0 aromatic heterocycles. The summed E-state index contributed by atoms with van der Waals surface area (Å²) in [5.41, 5.74) is 0.372. The first-order valence-electron chi connectivity index (χ1n) is 34.0. The first-order valence-corrected chi connectivity index (χ1v) is 34.0. The molecule has 0 radical (unpaired) electrons. The Hall–Kier alpha value is -12.1. The number of carbonyl (C=O) groups excluding carboxylic acids is 14. The quantitative estimate of drug-likeness (QED) is 0.0184. The van der Waals surface area contributed by atoms with E-state index in [1.165, 1.54) is 55.4 Å². The van der Waals surface area contributed by atoms with Gasteiger partial charge in [0.15, 0.2) is 12.2 Å². The molecule has 0 saturated carbocycles. The zero-order chi connectivity index (χ0) is 82.8. The summed E-state index contributed by atoms with van der Waals surface area (Å²) in [5.74, 6) is -5.90. The highest BCUT2D eigenvalue weighted by molar-refractivity contribution is 5.89. The summed E-state index contributed by atoms with van der Waals surface area (Å²) < 4.78 is 86.4. The van der Waals surface area contributed by atoms with Crippen LogP contribution < -0.4 is 41.4 Å². The summed E-state index contributed by atoms with van der Waals surface area (Å²) >= 11 is 0. The summed E-state index contributed by atoms with van der Waals surface area (Å²) in [6.45, 7) is 30.5. The molecule has 606 valence electrons. The molecular formula is C74H100N6O30. The van der Waals surface area contributed by atoms with Crippen LogP contribution in [0.15, 0.2) is 97.2 Å². The van der Waals surface area contributed by atoms with Crippen molar-refractivity contribution < 1.29 is 143 Å². The summed E-state index contributed by atoms with van der Waals surface area (Å²) in [6.07, 6.45) is -9.22. The van der Waals surface area contributed by atoms with Crippen LogP contribution in [0.1, 0.15) is 77.6 Å². The molecule has 0 saturated heterocycles. The van der Waals surface area contributed by atoms with E-state index in [2.05, 4.69) is 71.4 Å². The fraction of sp³-hybridized carbons (Fsp3) is 0.486. The van der Waals surface area contributed by atoms with Gasteiger partial charge in [0.25, 0.3) is 0 Å². The maximum absolute atomic E-state index is 14.1. The lowest BCUT2D eigenvalue weighted by Crippen LogP contribution is -2.44. The smallest absolute Gasteiger partial charge is 0.407 e. The van der Waals surface area contributed by atoms with Crippen molar-refractivity contribution in [1.82, 2.24) is 31.9 Å². The van der Waals surface area contributed by atoms with Crippen molar-refractivity contribution in [3.8, 4) is 22.6 Å². The standard InChI is InChI=1S/C74H100N6O30/c1-43(2)59(81)95-25-19-75-67(89)105-39-73(17,40-106-68(90)76-20-26-96-60(82)44(3)4)65(87)103-37-55(109-71(93)79-23-29-99-63(85)47(9)10)35-101-57-49(13)31-53(32-50(57)14)54-33-51(15)58(52(16)34-54)102-36-56(110-72(94)80-24-30-100-64(86)48(11)12)38-104-66(88)74(18,41-107-69(91)77-21-27-97-61(83)45(5)6)42-108-70(92)78-22-28-98-62(84)46(7)8/h31-34,55-56H,1,3,5,7,9,11,19-30,35-42H2,2,4,6,8,10,12-18H3,(H,75,89)(H,76,90)(H,77,91)(H,78,92)(H,79,93)(H,80,94). The van der Waals surface area contributed by atoms with E-state index in [0.717, 1.165) is 0 Å². The van der Waals surface area contributed by atoms with Crippen LogP contribution in [0.2, 0.25) is 0 Å². The third-order valence-corrected chi connectivity index (χ3v) is 14.2. The van der Waals surface area contributed by atoms with Crippen molar-refractivity contribution in [1.29, 1.82) is 0 Å². The molecule has 0 fully saturated rings. The van der Waals surface area contributed by atoms with Gasteiger partial charge in [-0.1, -0.05) is 39.5 Å². The van der Waals surface area contributed by atoms with Gasteiger partial charge in [-0.15, -0.1) is 0 Å². The Balaban J connectivity index is 2.51. The van der Waals surface area contributed by atoms with E-state index in [9.17, 15) is 67.1 Å². The fourth-order valence-corrected chi connectivity index (χ4v) is 8.29. The minimum Gasteiger partial charge on any atom is -0.489 e. The number of aryl methyl sites for hydroxylation is 4. The number of benzene rings is 2. The van der Waals surface area contributed by atoms with Crippen LogP contribution in [0.4, 0.5) is 28.8 Å². The van der Waals surface area contributed by atoms with Gasteiger partial charge in [-0.3, -0.25) is 9.59 Å². The highest BCUT2D eigenvalue weighted by atomic mass is 16.6. The van der Waals surface area contributed by atoms with Crippen LogP contribution in [-0.4, -0.2) is 228 Å². The molecule has 2 aromatic carbocycles. The Morgan fingerprint density at radius 2 is 0.509 bits per heavy atom. The Kier molecular flexibility index (Phi) is 41.2. The maximum Gasteiger partial charge on any atom is 0.407 e. The van der Waals surface area contributed by atoms with Gasteiger partial charge < -0.3 is 108 Å². The number of esters is 8. The molecule has 0 bridgehead atoms. The number of amides is 6. The van der Waals surface area contributed by atoms with Crippen molar-refractivity contribution in [2.75, 3.05) is 132 Å². The van der Waals surface area contributed by atoms with Crippen molar-refractivity contribution in [2.24, 2.45) is 10.8 Å². The molecule has 0 aliphatic carbocycles. The molecule has 0 aliphatic rings. The van der Waals surface area contributed by atoms with E-state index in [1.54, 1.807) is 52.0 Å². The van der Waals surface area contributed by atoms with E-state index in [-0.39, 0.29) is 112 Å². The number of ether oxygens (including phenoxy) is 16. The van der Waals surface area contributed by atoms with E-state index in [1.807, 2.05) is 0 Å². The SMILES string of the molecule is C=C(C)C(=O)OCCNC(=O)OCC(C)(COC(=O)NCCOC(=O)C(=C)C)C(=O)OCC(COc1c(C)cc(-c2cc(C)c(OCC(COC(=O)C(C)(COC(=O)NCCOC(=O)C(=C)C)COC(=O)NCCOC(=O)C(=C)C)OC(=O)NCCOC(=O)C(=C)C)c(C)c2)cc1C)OC(=O)NCCOC(=O)C(=C)C. The van der Waals surface area contributed by atoms with Gasteiger partial charge in [0.2, 0.25) is 0 Å². The summed E-state index contributed by atoms with van der Waals surface area (Å²) in [5, 5.41) is 14.2. The molecule has 36 heteroatoms. The van der Waals surface area contributed by atoms with Crippen molar-refractivity contribution in [3.05, 3.63) is 119 Å². The van der Waals surface area contributed by atoms with Gasteiger partial charge >= 0.3 is 84.3 Å². The van der Waals surface area contributed by atoms with Crippen LogP contribution in [0.3, 0.4) is 0 Å². The predicted octanol–water partition coefficient (Wildman–Crippen LogP) is 6.25. The molecule has 0 aliphatic heterocycles. The van der Waals surface area contributed by atoms with Crippen LogP contribution in [0, 0.1) is 38.5 Å². The third kappa shape index (κ3) is 36.4. The average molecular weight is 1550 g/mol. The monoisotopic (exact) mass is 1550 g/mol. The lowest BCUT2D eigenvalue weighted by molar-refractivity contribution is -0.164. The molecule has 2 rings (SSSR count). The zero-order valence-corrected chi connectivity index (χ0v) is 64.1. The van der Waals surface area contributed by atoms with Crippen molar-refractivity contribution in [2.45, 2.75) is 95.3 Å². The minimum absolute atomic E-state index is 0.109. The maximum atomic E-state index is 14.1. The van der Waals surface area contributed by atoms with Crippen LogP contribution in [0.25, 0.3) is 11.1 Å². The number of hydrogen-bond acceptors (Lipinski definition) is 30. The van der Waals surface area contributed by atoms with Gasteiger partial charge in [0.05, 0.1) is 39.3 Å². The van der Waals surface area contributed by atoms with Crippen molar-refractivity contribution >= 4 is 84.3 Å². The van der Waals surface area contributed by atoms with E-state index >= 15 is 0 Å². The minimum atomic E-state index is -1.97. The highest BCUT2D eigenvalue weighted by Crippen LogP contribution is 2.35. The van der Waals surface area contributed by atoms with Crippen LogP contribution >= 0.6 is 0 Å². The number of hydrogen-bond donors (Lipinski definition) is 6. The topological polar surface area (TPSA) is 459 Å². The average Bonchev–Trinajstić information content (AvgIpc) is 0.799. The summed E-state index contributed by atoms with van der Waals surface area (Å²) in [6, 6.07) is 7.17. The van der Waals surface area contributed by atoms with Gasteiger partial charge in [0, 0.05) is 33.4 Å². The second-order valence-corrected chi connectivity index (χ2v) is 25.2. The van der Waals surface area contributed by atoms with Crippen LogP contribution in [0.5, 0.6) is 11.5 Å². The number of rotatable bonds is 47. The lowest BCUT2D eigenvalue weighted by Gasteiger charge is -2.28. The Labute approximate surface area is 636 Å². The predicted molar refractivity (Wildman–Crippen MR) is 389 cm³/mol. The molecule has 6 N–H and O–H groups in total. The molecule has 110 heavy (non-hydrogen) atoms. The second-order valence-electron chi connectivity index (χ2n) is 25.2. The van der Waals surface area contributed by atoms with E-state index < -0.39 is 160 Å². The molecule has 0 spiro atoms. The summed E-state index contributed by atoms with van der Waals surface area (Å²) in [7, 11) is 0. The third-order valence-electron chi connectivity index (χ3n) is 14.2. The first kappa shape index (κ1) is 93.9.